The molecule has 2 N–H and O–H groups in total. The van der Waals surface area contributed by atoms with Crippen LogP contribution in [-0.4, -0.2) is 16.6 Å². The van der Waals surface area contributed by atoms with Gasteiger partial charge in [-0.2, -0.15) is 10.5 Å². The Bertz CT molecular complexity index is 829. The Balaban J connectivity index is 2.23. The standard InChI is InChI=1S/C16H11ClN4OS/c17-10-3-1-9(2-4-10)14-11(7-18)15(20)21-13(22)5-6-23-16(21)12(14)8-19/h1-4,14H,5-6,20H2. The number of amides is 1. The van der Waals surface area contributed by atoms with Gasteiger partial charge in [0.15, 0.2) is 0 Å². The number of nitrogens with zero attached hydrogens (tertiary/aromatic N) is 3. The number of halogens is 1. The van der Waals surface area contributed by atoms with Crippen LogP contribution in [0.4, 0.5) is 0 Å². The Kier molecular flexibility index (Phi) is 4.04. The maximum atomic E-state index is 12.2. The van der Waals surface area contributed by atoms with Crippen LogP contribution in [0, 0.1) is 22.7 Å². The lowest BCUT2D eigenvalue weighted by atomic mass is 9.83. The minimum Gasteiger partial charge on any atom is -0.384 e. The summed E-state index contributed by atoms with van der Waals surface area (Å²) < 4.78 is 0. The molecule has 1 atom stereocenters. The normalized spacial score (nSPS) is 20.9. The van der Waals surface area contributed by atoms with E-state index in [0.29, 0.717) is 27.8 Å². The van der Waals surface area contributed by atoms with Crippen LogP contribution in [0.2, 0.25) is 5.02 Å². The molecule has 2 aliphatic heterocycles. The van der Waals surface area contributed by atoms with E-state index in [4.69, 9.17) is 17.3 Å². The highest BCUT2D eigenvalue weighted by atomic mass is 35.5. The number of allylic oxidation sites excluding steroid dienone is 2. The highest BCUT2D eigenvalue weighted by molar-refractivity contribution is 8.03. The SMILES string of the molecule is N#CC1=C(N)N2C(=O)CCSC2=C(C#N)C1c1ccc(Cl)cc1. The summed E-state index contributed by atoms with van der Waals surface area (Å²) in [5.74, 6) is -0.0601. The molecule has 1 saturated heterocycles. The Labute approximate surface area is 142 Å². The maximum Gasteiger partial charge on any atom is 0.233 e. The summed E-state index contributed by atoms with van der Waals surface area (Å²) in [6, 6.07) is 11.2. The van der Waals surface area contributed by atoms with Crippen molar-refractivity contribution in [3.05, 3.63) is 56.8 Å². The van der Waals surface area contributed by atoms with Gasteiger partial charge in [0.2, 0.25) is 5.91 Å². The second-order valence-electron chi connectivity index (χ2n) is 5.05. The van der Waals surface area contributed by atoms with Crippen LogP contribution in [-0.2, 0) is 4.79 Å². The van der Waals surface area contributed by atoms with E-state index >= 15 is 0 Å². The average Bonchev–Trinajstić information content (AvgIpc) is 2.55. The summed E-state index contributed by atoms with van der Waals surface area (Å²) in [6.07, 6.45) is 0.331. The number of hydrogen-bond acceptors (Lipinski definition) is 5. The van der Waals surface area contributed by atoms with Crippen molar-refractivity contribution in [3.8, 4) is 12.1 Å². The number of carbonyl (C=O) groups is 1. The number of nitrogens with two attached hydrogens (primary N) is 1. The van der Waals surface area contributed by atoms with Gasteiger partial charge in [0.25, 0.3) is 0 Å². The van der Waals surface area contributed by atoms with Crippen molar-refractivity contribution >= 4 is 29.3 Å². The first-order valence-electron chi connectivity index (χ1n) is 6.83. The van der Waals surface area contributed by atoms with Crippen LogP contribution in [0.3, 0.4) is 0 Å². The van der Waals surface area contributed by atoms with Crippen molar-refractivity contribution in [2.45, 2.75) is 12.3 Å². The third-order valence-corrected chi connectivity index (χ3v) is 5.11. The summed E-state index contributed by atoms with van der Waals surface area (Å²) >= 11 is 7.33. The zero-order chi connectivity index (χ0) is 16.6. The first-order valence-corrected chi connectivity index (χ1v) is 8.20. The van der Waals surface area contributed by atoms with Crippen LogP contribution in [0.15, 0.2) is 46.3 Å². The molecule has 3 rings (SSSR count). The summed E-state index contributed by atoms with van der Waals surface area (Å²) in [5.41, 5.74) is 7.42. The second-order valence-corrected chi connectivity index (χ2v) is 6.57. The van der Waals surface area contributed by atoms with E-state index < -0.39 is 5.92 Å². The molecule has 1 aromatic carbocycles. The largest absolute Gasteiger partial charge is 0.384 e. The van der Waals surface area contributed by atoms with Gasteiger partial charge in [-0.25, -0.2) is 0 Å². The zero-order valence-electron chi connectivity index (χ0n) is 11.9. The number of carbonyl (C=O) groups excluding carboxylic acids is 1. The summed E-state index contributed by atoms with van der Waals surface area (Å²) in [7, 11) is 0. The lowest BCUT2D eigenvalue weighted by Gasteiger charge is -2.36. The maximum absolute atomic E-state index is 12.2. The molecule has 2 aliphatic rings. The van der Waals surface area contributed by atoms with Gasteiger partial charge in [-0.1, -0.05) is 23.7 Å². The lowest BCUT2D eigenvalue weighted by Crippen LogP contribution is -2.40. The number of nitriles is 2. The van der Waals surface area contributed by atoms with Gasteiger partial charge in [0.05, 0.1) is 34.2 Å². The third-order valence-electron chi connectivity index (χ3n) is 3.78. The van der Waals surface area contributed by atoms with E-state index in [0.717, 1.165) is 5.56 Å². The Morgan fingerprint density at radius 3 is 2.48 bits per heavy atom. The third kappa shape index (κ3) is 2.46. The topological polar surface area (TPSA) is 93.9 Å². The zero-order valence-corrected chi connectivity index (χ0v) is 13.5. The monoisotopic (exact) mass is 342 g/mol. The fourth-order valence-electron chi connectivity index (χ4n) is 2.73. The molecule has 7 heteroatoms. The molecule has 1 aromatic rings. The quantitative estimate of drug-likeness (QED) is 0.846. The summed E-state index contributed by atoms with van der Waals surface area (Å²) in [5, 5.41) is 20.3. The molecular weight excluding hydrogens is 332 g/mol. The molecule has 0 aliphatic carbocycles. The van der Waals surface area contributed by atoms with Crippen molar-refractivity contribution in [1.82, 2.24) is 4.90 Å². The van der Waals surface area contributed by atoms with Crippen molar-refractivity contribution in [1.29, 1.82) is 10.5 Å². The van der Waals surface area contributed by atoms with E-state index in [2.05, 4.69) is 12.1 Å². The van der Waals surface area contributed by atoms with Gasteiger partial charge in [-0.3, -0.25) is 9.69 Å². The number of thioether (sulfide) groups is 1. The highest BCUT2D eigenvalue weighted by Gasteiger charge is 2.40. The van der Waals surface area contributed by atoms with Gasteiger partial charge in [-0.15, -0.1) is 11.8 Å². The van der Waals surface area contributed by atoms with Crippen LogP contribution in [0.5, 0.6) is 0 Å². The Morgan fingerprint density at radius 1 is 1.22 bits per heavy atom. The molecule has 1 fully saturated rings. The van der Waals surface area contributed by atoms with Crippen LogP contribution >= 0.6 is 23.4 Å². The fourth-order valence-corrected chi connectivity index (χ4v) is 3.97. The smallest absolute Gasteiger partial charge is 0.233 e. The van der Waals surface area contributed by atoms with Gasteiger partial charge in [0.1, 0.15) is 5.82 Å². The first kappa shape index (κ1) is 15.5. The van der Waals surface area contributed by atoms with Gasteiger partial charge < -0.3 is 5.73 Å². The molecule has 23 heavy (non-hydrogen) atoms. The molecule has 0 radical (unpaired) electrons. The number of rotatable bonds is 1. The minimum absolute atomic E-state index is 0.110. The molecule has 0 bridgehead atoms. The molecule has 0 aromatic heterocycles. The molecule has 114 valence electrons. The molecule has 0 saturated carbocycles. The van der Waals surface area contributed by atoms with Gasteiger partial charge in [0, 0.05) is 17.2 Å². The van der Waals surface area contributed by atoms with Crippen LogP contribution in [0.1, 0.15) is 17.9 Å². The van der Waals surface area contributed by atoms with Gasteiger partial charge in [-0.05, 0) is 17.7 Å². The second kappa shape index (κ2) is 6.00. The van der Waals surface area contributed by atoms with E-state index in [-0.39, 0.29) is 17.3 Å². The minimum atomic E-state index is -0.577. The molecular formula is C16H11ClN4OS. The van der Waals surface area contributed by atoms with Crippen molar-refractivity contribution in [2.75, 3.05) is 5.75 Å². The van der Waals surface area contributed by atoms with E-state index in [1.54, 1.807) is 24.3 Å². The average molecular weight is 343 g/mol. The molecule has 5 nitrogen and oxygen atoms in total. The van der Waals surface area contributed by atoms with Crippen molar-refractivity contribution in [2.24, 2.45) is 5.73 Å². The van der Waals surface area contributed by atoms with Crippen LogP contribution < -0.4 is 5.73 Å². The highest BCUT2D eigenvalue weighted by Crippen LogP contribution is 2.45. The summed E-state index contributed by atoms with van der Waals surface area (Å²) in [6.45, 7) is 0. The molecule has 2 heterocycles. The molecule has 0 spiro atoms. The van der Waals surface area contributed by atoms with E-state index in [1.807, 2.05) is 0 Å². The molecule has 1 amide bonds. The number of fused-ring (bicyclic) bond motifs is 1. The van der Waals surface area contributed by atoms with Crippen molar-refractivity contribution < 1.29 is 4.79 Å². The Morgan fingerprint density at radius 2 is 1.87 bits per heavy atom. The molecule has 1 unspecified atom stereocenters. The predicted molar refractivity (Wildman–Crippen MR) is 87.6 cm³/mol. The van der Waals surface area contributed by atoms with Crippen LogP contribution in [0.25, 0.3) is 0 Å². The van der Waals surface area contributed by atoms with Gasteiger partial charge >= 0.3 is 0 Å². The number of benzene rings is 1. The van der Waals surface area contributed by atoms with E-state index in [9.17, 15) is 15.3 Å². The van der Waals surface area contributed by atoms with E-state index in [1.165, 1.54) is 16.7 Å². The van der Waals surface area contributed by atoms with Crippen molar-refractivity contribution in [3.63, 3.8) is 0 Å². The summed E-state index contributed by atoms with van der Waals surface area (Å²) in [4.78, 5) is 13.5. The lowest BCUT2D eigenvalue weighted by molar-refractivity contribution is -0.127. The first-order chi connectivity index (χ1) is 11.1. The number of hydrogen-bond donors (Lipinski definition) is 1. The Hall–Kier alpha value is -2.41. The fraction of sp³-hybridized carbons (Fsp3) is 0.188. The predicted octanol–water partition coefficient (Wildman–Crippen LogP) is 2.83.